The Hall–Kier alpha value is 0.558. The van der Waals surface area contributed by atoms with Crippen LogP contribution in [-0.4, -0.2) is 9.11 Å². The minimum atomic E-state index is -2.25. The first-order chi connectivity index (χ1) is 2.83. The molecule has 0 aromatic heterocycles. The van der Waals surface area contributed by atoms with Crippen LogP contribution < -0.4 is 0 Å². The average Bonchev–Trinajstić information content (AvgIpc) is 1.39. The van der Waals surface area contributed by atoms with Crippen LogP contribution in [0.15, 0.2) is 0 Å². The third-order valence-electron chi connectivity index (χ3n) is 0. The second-order valence-corrected chi connectivity index (χ2v) is 0.802. The average molecular weight is 282 g/mol. The van der Waals surface area contributed by atoms with Crippen LogP contribution in [0, 0.1) is 0 Å². The normalized spacial score (nSPS) is 5.00. The van der Waals surface area contributed by atoms with E-state index in [1.54, 1.807) is 0 Å². The van der Waals surface area contributed by atoms with E-state index in [2.05, 4.69) is 0 Å². The van der Waals surface area contributed by atoms with Gasteiger partial charge in [-0.3, -0.25) is 0 Å². The van der Waals surface area contributed by atoms with Gasteiger partial charge in [0.2, 0.25) is 0 Å². The van der Waals surface area contributed by atoms with Crippen molar-refractivity contribution in [1.29, 1.82) is 0 Å². The molecule has 0 saturated carbocycles. The zero-order valence-corrected chi connectivity index (χ0v) is 6.28. The van der Waals surface area contributed by atoms with E-state index in [1.807, 2.05) is 0 Å². The topological polar surface area (TPSA) is 74.6 Å². The fourth-order valence-corrected chi connectivity index (χ4v) is 0. The molecule has 0 unspecified atom stereocenters. The number of hydrogen-bond acceptors (Lipinski definition) is 5. The van der Waals surface area contributed by atoms with Crippen LogP contribution in [0.3, 0.4) is 0 Å². The van der Waals surface area contributed by atoms with E-state index in [1.165, 1.54) is 0 Å². The summed E-state index contributed by atoms with van der Waals surface area (Å²) in [5.74, 6) is 0. The molecule has 0 atom stereocenters. The second-order valence-electron chi connectivity index (χ2n) is 0.150. The van der Waals surface area contributed by atoms with E-state index in [-0.39, 0.29) is 12.3 Å². The van der Waals surface area contributed by atoms with Gasteiger partial charge in [0.25, 0.3) is 0 Å². The van der Waals surface area contributed by atoms with Crippen molar-refractivity contribution in [2.24, 2.45) is 0 Å². The van der Waals surface area contributed by atoms with Gasteiger partial charge in [-0.15, -0.1) is 0 Å². The van der Waals surface area contributed by atoms with Gasteiger partial charge in [-0.2, -0.15) is 0 Å². The molecule has 38 valence electrons. The van der Waals surface area contributed by atoms with E-state index < -0.39 is 18.5 Å². The molecule has 0 fully saturated rings. The predicted octanol–water partition coefficient (Wildman–Crippen LogP) is 0.425. The zero-order valence-electron chi connectivity index (χ0n) is 2.53. The third-order valence-corrected chi connectivity index (χ3v) is 0. The van der Waals surface area contributed by atoms with Crippen LogP contribution in [0.1, 0.15) is 0 Å². The quantitative estimate of drug-likeness (QED) is 0.630. The third kappa shape index (κ3) is 185. The standard InChI is InChI=1S/H2O2S.2O.W/c1-3-2;;;/h1-2H;;;. The Morgan fingerprint density at radius 1 is 1.33 bits per heavy atom. The molecule has 0 radical (unpaired) electrons. The van der Waals surface area contributed by atoms with E-state index in [0.29, 0.717) is 0 Å². The molecule has 0 aromatic rings. The second kappa shape index (κ2) is 17.6. The molecule has 6 heavy (non-hydrogen) atoms. The monoisotopic (exact) mass is 282 g/mol. The molecule has 4 nitrogen and oxygen atoms in total. The van der Waals surface area contributed by atoms with Crippen LogP contribution in [0.2, 0.25) is 0 Å². The van der Waals surface area contributed by atoms with Gasteiger partial charge in [-0.25, -0.2) is 0 Å². The van der Waals surface area contributed by atoms with E-state index in [4.69, 9.17) is 15.9 Å². The van der Waals surface area contributed by atoms with E-state index in [9.17, 15) is 0 Å². The minimum absolute atomic E-state index is 0.250. The first-order valence-electron chi connectivity index (χ1n) is 0.698. The molecule has 0 saturated heterocycles. The molecule has 0 amide bonds. The first-order valence-corrected chi connectivity index (χ1v) is 3.82. The summed E-state index contributed by atoms with van der Waals surface area (Å²) in [5.41, 5.74) is 0. The molecule has 2 N–H and O–H groups in total. The maximum absolute atomic E-state index is 8.54. The van der Waals surface area contributed by atoms with Crippen molar-refractivity contribution in [3.8, 4) is 0 Å². The van der Waals surface area contributed by atoms with Crippen LogP contribution >= 0.6 is 12.3 Å². The molecule has 0 bridgehead atoms. The van der Waals surface area contributed by atoms with Gasteiger partial charge < -0.3 is 9.11 Å². The molecule has 0 heterocycles. The summed E-state index contributed by atoms with van der Waals surface area (Å²) in [4.78, 5) is 0. The Labute approximate surface area is 47.1 Å². The Morgan fingerprint density at radius 3 is 1.33 bits per heavy atom. The Bertz CT molecular complexity index is 36.8. The summed E-state index contributed by atoms with van der Waals surface area (Å²) in [6.07, 6.45) is 0. The van der Waals surface area contributed by atoms with E-state index >= 15 is 0 Å². The van der Waals surface area contributed by atoms with Crippen LogP contribution in [0.4, 0.5) is 0 Å². The van der Waals surface area contributed by atoms with Crippen molar-refractivity contribution in [1.82, 2.24) is 0 Å². The molecule has 0 aliphatic carbocycles. The van der Waals surface area contributed by atoms with Gasteiger partial charge in [-0.1, -0.05) is 0 Å². The van der Waals surface area contributed by atoms with Crippen molar-refractivity contribution >= 4 is 12.3 Å². The van der Waals surface area contributed by atoms with Gasteiger partial charge in [-0.05, 0) is 0 Å². The SMILES string of the molecule is OSO.[O]=[W]=[O]. The van der Waals surface area contributed by atoms with Crippen molar-refractivity contribution in [3.63, 3.8) is 0 Å². The number of rotatable bonds is 0. The molecular weight excluding hydrogens is 280 g/mol. The van der Waals surface area contributed by atoms with Crippen LogP contribution in [0.5, 0.6) is 0 Å². The Morgan fingerprint density at radius 2 is 1.33 bits per heavy atom. The molecule has 0 aliphatic heterocycles. The van der Waals surface area contributed by atoms with Gasteiger partial charge in [0.15, 0.2) is 12.3 Å². The zero-order chi connectivity index (χ0) is 5.41. The Kier molecular flexibility index (Phi) is 28.7. The summed E-state index contributed by atoms with van der Waals surface area (Å²) >= 11 is -2.50. The fourth-order valence-electron chi connectivity index (χ4n) is 0. The summed E-state index contributed by atoms with van der Waals surface area (Å²) in [6.45, 7) is 0. The summed E-state index contributed by atoms with van der Waals surface area (Å²) < 4.78 is 31.2. The van der Waals surface area contributed by atoms with Gasteiger partial charge in [0, 0.05) is 0 Å². The van der Waals surface area contributed by atoms with E-state index in [0.717, 1.165) is 0 Å². The Balaban J connectivity index is 0. The maximum atomic E-state index is 8.54. The molecule has 0 spiro atoms. The summed E-state index contributed by atoms with van der Waals surface area (Å²) in [7, 11) is 0. The van der Waals surface area contributed by atoms with Gasteiger partial charge >= 0.3 is 25.3 Å². The first kappa shape index (κ1) is 9.75. The summed E-state index contributed by atoms with van der Waals surface area (Å²) in [5, 5.41) is 0. The van der Waals surface area contributed by atoms with Crippen LogP contribution in [-0.2, 0) is 25.3 Å². The predicted molar refractivity (Wildman–Crippen MR) is 14.2 cm³/mol. The molecule has 0 aromatic carbocycles. The fraction of sp³-hybridized carbons (Fsp3) is 0. The van der Waals surface area contributed by atoms with Gasteiger partial charge in [0.1, 0.15) is 0 Å². The van der Waals surface area contributed by atoms with Crippen molar-refractivity contribution in [2.45, 2.75) is 0 Å². The van der Waals surface area contributed by atoms with Crippen molar-refractivity contribution < 1.29 is 34.4 Å². The summed E-state index contributed by atoms with van der Waals surface area (Å²) in [6, 6.07) is 0. The molecule has 6 heteroatoms. The molecule has 0 aliphatic rings. The van der Waals surface area contributed by atoms with Crippen molar-refractivity contribution in [3.05, 3.63) is 0 Å². The van der Waals surface area contributed by atoms with Gasteiger partial charge in [0.05, 0.1) is 0 Å². The molecule has 0 rings (SSSR count). The molecular formula is H2O4SW. The van der Waals surface area contributed by atoms with Crippen molar-refractivity contribution in [2.75, 3.05) is 0 Å². The number of hydrogen-bond donors (Lipinski definition) is 2. The van der Waals surface area contributed by atoms with Crippen LogP contribution in [0.25, 0.3) is 0 Å².